The van der Waals surface area contributed by atoms with Crippen LogP contribution >= 0.6 is 12.4 Å². The van der Waals surface area contributed by atoms with E-state index in [-0.39, 0.29) is 53.2 Å². The normalized spacial score (nSPS) is 46.2. The Hall–Kier alpha value is -1.50. The van der Waals surface area contributed by atoms with E-state index in [1.807, 2.05) is 6.08 Å². The third kappa shape index (κ3) is 2.95. The molecule has 5 rings (SSSR count). The van der Waals surface area contributed by atoms with Crippen molar-refractivity contribution in [2.45, 2.75) is 52.6 Å². The summed E-state index contributed by atoms with van der Waals surface area (Å²) in [6.07, 6.45) is 8.23. The zero-order valence-electron chi connectivity index (χ0n) is 19.1. The van der Waals surface area contributed by atoms with Crippen molar-refractivity contribution in [1.29, 1.82) is 0 Å². The van der Waals surface area contributed by atoms with Gasteiger partial charge in [-0.3, -0.25) is 14.4 Å². The van der Waals surface area contributed by atoms with Crippen LogP contribution in [0.5, 0.6) is 0 Å². The van der Waals surface area contributed by atoms with Crippen molar-refractivity contribution < 1.29 is 24.2 Å². The molecule has 5 aliphatic rings. The van der Waals surface area contributed by atoms with Crippen LogP contribution in [-0.4, -0.2) is 48.4 Å². The van der Waals surface area contributed by atoms with Gasteiger partial charge in [0, 0.05) is 24.8 Å². The monoisotopic (exact) mass is 463 g/mol. The Morgan fingerprint density at radius 1 is 1.31 bits per heavy atom. The highest BCUT2D eigenvalue weighted by atomic mass is 35.5. The van der Waals surface area contributed by atoms with Gasteiger partial charge in [-0.05, 0) is 67.5 Å². The number of halogens is 1. The maximum atomic E-state index is 13.6. The van der Waals surface area contributed by atoms with Gasteiger partial charge in [-0.15, -0.1) is 12.4 Å². The molecule has 3 saturated carbocycles. The smallest absolute Gasteiger partial charge is 0.303 e. The maximum Gasteiger partial charge on any atom is 0.303 e. The second-order valence-corrected chi connectivity index (χ2v) is 11.0. The Bertz CT molecular complexity index is 914. The van der Waals surface area contributed by atoms with Crippen molar-refractivity contribution in [2.24, 2.45) is 39.9 Å². The molecule has 1 aliphatic heterocycles. The summed E-state index contributed by atoms with van der Waals surface area (Å²) in [4.78, 5) is 36.9. The van der Waals surface area contributed by atoms with Crippen LogP contribution in [0.1, 0.15) is 46.5 Å². The predicted octanol–water partition coefficient (Wildman–Crippen LogP) is 2.63. The Morgan fingerprint density at radius 2 is 2.06 bits per heavy atom. The number of carbonyl (C=O) groups is 3. The highest BCUT2D eigenvalue weighted by Crippen LogP contribution is 2.71. The van der Waals surface area contributed by atoms with Gasteiger partial charge in [0.2, 0.25) is 0 Å². The summed E-state index contributed by atoms with van der Waals surface area (Å²) in [5, 5.41) is 15.0. The van der Waals surface area contributed by atoms with Crippen LogP contribution in [-0.2, 0) is 19.1 Å². The van der Waals surface area contributed by atoms with Crippen molar-refractivity contribution in [2.75, 3.05) is 19.7 Å². The van der Waals surface area contributed by atoms with Gasteiger partial charge in [0.25, 0.3) is 0 Å². The first-order valence-corrected chi connectivity index (χ1v) is 11.6. The first-order chi connectivity index (χ1) is 14.6. The third-order valence-electron chi connectivity index (χ3n) is 9.84. The van der Waals surface area contributed by atoms with E-state index in [1.165, 1.54) is 6.92 Å². The number of carbonyl (C=O) groups excluding carboxylic acids is 3. The minimum atomic E-state index is -0.603. The molecule has 8 atom stereocenters. The van der Waals surface area contributed by atoms with E-state index in [4.69, 9.17) is 4.74 Å². The van der Waals surface area contributed by atoms with Crippen molar-refractivity contribution in [1.82, 2.24) is 5.32 Å². The number of esters is 1. The highest BCUT2D eigenvalue weighted by molar-refractivity contribution is 6.01. The summed E-state index contributed by atoms with van der Waals surface area (Å²) in [5.74, 6) is 0.494. The molecular weight excluding hydrogens is 430 g/mol. The van der Waals surface area contributed by atoms with Crippen LogP contribution in [0.25, 0.3) is 0 Å². The van der Waals surface area contributed by atoms with Gasteiger partial charge in [-0.2, -0.15) is 0 Å². The number of Topliss-reactive ketones (excluding diaryl/α,β-unsaturated/α-hetero) is 1. The summed E-state index contributed by atoms with van der Waals surface area (Å²) in [5.41, 5.74) is -0.105. The van der Waals surface area contributed by atoms with E-state index in [1.54, 1.807) is 12.2 Å². The van der Waals surface area contributed by atoms with Crippen molar-refractivity contribution in [3.05, 3.63) is 23.8 Å². The van der Waals surface area contributed by atoms with E-state index in [9.17, 15) is 19.5 Å². The number of ether oxygens (including phenoxy) is 1. The minimum absolute atomic E-state index is 0. The quantitative estimate of drug-likeness (QED) is 0.625. The number of aliphatic hydroxyl groups is 1. The predicted molar refractivity (Wildman–Crippen MR) is 121 cm³/mol. The lowest BCUT2D eigenvalue weighted by molar-refractivity contribution is -0.163. The highest BCUT2D eigenvalue weighted by Gasteiger charge is 2.72. The van der Waals surface area contributed by atoms with Gasteiger partial charge >= 0.3 is 5.97 Å². The lowest BCUT2D eigenvalue weighted by Crippen LogP contribution is -2.60. The van der Waals surface area contributed by atoms with Crippen LogP contribution in [0.4, 0.5) is 0 Å². The van der Waals surface area contributed by atoms with Gasteiger partial charge < -0.3 is 15.2 Å². The lowest BCUT2D eigenvalue weighted by atomic mass is 9.44. The van der Waals surface area contributed by atoms with Crippen molar-refractivity contribution >= 4 is 29.9 Å². The van der Waals surface area contributed by atoms with E-state index in [2.05, 4.69) is 19.2 Å². The number of aliphatic hydroxyl groups excluding tert-OH is 1. The molecule has 0 bridgehead atoms. The molecule has 0 spiro atoms. The Kier molecular flexibility index (Phi) is 5.75. The topological polar surface area (TPSA) is 92.7 Å². The summed E-state index contributed by atoms with van der Waals surface area (Å²) in [6, 6.07) is 0. The Balaban J connectivity index is 0.00000245. The van der Waals surface area contributed by atoms with Crippen LogP contribution in [0, 0.1) is 39.9 Å². The Morgan fingerprint density at radius 3 is 2.78 bits per heavy atom. The number of allylic oxidation sites excluding steroid dienone is 4. The van der Waals surface area contributed by atoms with Gasteiger partial charge in [0.1, 0.15) is 0 Å². The molecule has 1 heterocycles. The maximum absolute atomic E-state index is 13.6. The largest absolute Gasteiger partial charge is 0.458 e. The average molecular weight is 464 g/mol. The molecule has 32 heavy (non-hydrogen) atoms. The summed E-state index contributed by atoms with van der Waals surface area (Å²) >= 11 is 0. The van der Waals surface area contributed by atoms with Crippen LogP contribution in [0.3, 0.4) is 0 Å². The molecule has 0 aromatic rings. The van der Waals surface area contributed by atoms with E-state index in [0.29, 0.717) is 24.8 Å². The summed E-state index contributed by atoms with van der Waals surface area (Å²) in [7, 11) is 0. The molecule has 0 aromatic carbocycles. The van der Waals surface area contributed by atoms with Crippen molar-refractivity contribution in [3.8, 4) is 0 Å². The number of nitrogens with one attached hydrogen (secondary N) is 1. The second-order valence-electron chi connectivity index (χ2n) is 11.0. The van der Waals surface area contributed by atoms with Crippen LogP contribution in [0.2, 0.25) is 0 Å². The molecule has 4 aliphatic carbocycles. The van der Waals surface area contributed by atoms with E-state index < -0.39 is 17.5 Å². The molecule has 0 radical (unpaired) electrons. The fourth-order valence-corrected chi connectivity index (χ4v) is 8.58. The Labute approximate surface area is 195 Å². The SMILES string of the molecule is CC(=O)OCC(=O)[C@@]12CNC[C@@H]1C[C@H]1[C@@H]3CCC4=CC(=O)C=C[C@]4(C)[C@H]3[C@@H](O)C[C@@]12C.Cl. The first-order valence-electron chi connectivity index (χ1n) is 11.6. The van der Waals surface area contributed by atoms with Crippen LogP contribution in [0.15, 0.2) is 23.8 Å². The molecule has 1 saturated heterocycles. The first kappa shape index (κ1) is 23.7. The zero-order valence-corrected chi connectivity index (χ0v) is 19.9. The van der Waals surface area contributed by atoms with Crippen molar-refractivity contribution in [3.63, 3.8) is 0 Å². The van der Waals surface area contributed by atoms with Crippen LogP contribution < -0.4 is 5.32 Å². The number of rotatable bonds is 3. The van der Waals surface area contributed by atoms with E-state index in [0.717, 1.165) is 31.4 Å². The fraction of sp³-hybridized carbons (Fsp3) is 0.720. The molecule has 0 aromatic heterocycles. The molecule has 0 unspecified atom stereocenters. The molecule has 6 nitrogen and oxygen atoms in total. The number of hydrogen-bond acceptors (Lipinski definition) is 6. The third-order valence-corrected chi connectivity index (χ3v) is 9.84. The molecule has 2 N–H and O–H groups in total. The minimum Gasteiger partial charge on any atom is -0.458 e. The van der Waals surface area contributed by atoms with Gasteiger partial charge in [0.05, 0.1) is 11.5 Å². The summed E-state index contributed by atoms with van der Waals surface area (Å²) in [6.45, 7) is 6.90. The van der Waals surface area contributed by atoms with Gasteiger partial charge in [-0.25, -0.2) is 0 Å². The fourth-order valence-electron chi connectivity index (χ4n) is 8.58. The second kappa shape index (κ2) is 7.78. The molecule has 7 heteroatoms. The molecular formula is C25H34ClNO5. The number of ketones is 2. The lowest BCUT2D eigenvalue weighted by Gasteiger charge is -2.60. The van der Waals surface area contributed by atoms with Gasteiger partial charge in [-0.1, -0.05) is 25.5 Å². The summed E-state index contributed by atoms with van der Waals surface area (Å²) < 4.78 is 5.15. The van der Waals surface area contributed by atoms with Gasteiger partial charge in [0.15, 0.2) is 18.2 Å². The average Bonchev–Trinajstić information content (AvgIpc) is 3.23. The standard InChI is InChI=1S/C25H33NO5.ClH/c1-14(27)31-12-21(30)25-13-26-11-16(25)9-19-18-5-4-15-8-17(28)6-7-23(15,2)22(18)20(29)10-24(19,25)3;/h6-8,16,18-20,22,26,29H,4-5,9-13H2,1-3H3;1H/t16-,18-,19-,20-,22+,23-,24-,25+;/m0./s1. The molecule has 0 amide bonds. The van der Waals surface area contributed by atoms with E-state index >= 15 is 0 Å². The number of hydrogen-bond donors (Lipinski definition) is 2. The zero-order chi connectivity index (χ0) is 22.2. The molecule has 4 fully saturated rings. The molecule has 176 valence electrons. The number of fused-ring (bicyclic) bond motifs is 7.